The lowest BCUT2D eigenvalue weighted by Crippen LogP contribution is -2.26. The van der Waals surface area contributed by atoms with Crippen molar-refractivity contribution in [1.82, 2.24) is 14.8 Å². The van der Waals surface area contributed by atoms with Crippen LogP contribution in [0.3, 0.4) is 0 Å². The highest BCUT2D eigenvalue weighted by Crippen LogP contribution is 2.37. The van der Waals surface area contributed by atoms with Crippen LogP contribution < -0.4 is 0 Å². The van der Waals surface area contributed by atoms with E-state index < -0.39 is 0 Å². The number of hydrogen-bond donors (Lipinski definition) is 0. The molecule has 2 heterocycles. The standard InChI is InChI=1S/C21H26ClN3O2/c22-16-7-10-19-15(11-16)12-26-13-20-23-24-21(25(19)20)14-5-8-18(9-6-14)27-17-3-1-2-4-17/h7,10-11,14,17-18H,1-6,8-9,12-13H2. The number of halogens is 1. The fraction of sp³-hybridized carbons (Fsp3) is 0.619. The van der Waals surface area contributed by atoms with Gasteiger partial charge >= 0.3 is 0 Å². The fourth-order valence-electron chi connectivity index (χ4n) is 4.84. The van der Waals surface area contributed by atoms with Gasteiger partial charge in [-0.3, -0.25) is 4.57 Å². The SMILES string of the molecule is Clc1ccc2c(c1)COCc1nnc(C3CCC(OC4CCCC4)CC3)n1-2. The molecule has 5 rings (SSSR count). The predicted octanol–water partition coefficient (Wildman–Crippen LogP) is 4.94. The van der Waals surface area contributed by atoms with Gasteiger partial charge in [0.05, 0.1) is 24.5 Å². The van der Waals surface area contributed by atoms with E-state index in [0.29, 0.717) is 31.3 Å². The van der Waals surface area contributed by atoms with Crippen LogP contribution in [0.25, 0.3) is 5.69 Å². The molecule has 0 N–H and O–H groups in total. The van der Waals surface area contributed by atoms with E-state index in [1.807, 2.05) is 12.1 Å². The van der Waals surface area contributed by atoms with Crippen LogP contribution in [0.15, 0.2) is 18.2 Å². The zero-order valence-electron chi connectivity index (χ0n) is 15.6. The number of aromatic nitrogens is 3. The first-order valence-corrected chi connectivity index (χ1v) is 10.6. The molecule has 0 unspecified atom stereocenters. The van der Waals surface area contributed by atoms with Crippen LogP contribution in [-0.2, 0) is 22.7 Å². The highest BCUT2D eigenvalue weighted by atomic mass is 35.5. The summed E-state index contributed by atoms with van der Waals surface area (Å²) in [7, 11) is 0. The molecule has 0 spiro atoms. The Bertz CT molecular complexity index is 808. The Hall–Kier alpha value is -1.43. The summed E-state index contributed by atoms with van der Waals surface area (Å²) in [5.41, 5.74) is 2.21. The Labute approximate surface area is 165 Å². The minimum Gasteiger partial charge on any atom is -0.375 e. The molecule has 0 saturated heterocycles. The average Bonchev–Trinajstić information content (AvgIpc) is 3.30. The third-order valence-electron chi connectivity index (χ3n) is 6.25. The monoisotopic (exact) mass is 387 g/mol. The van der Waals surface area contributed by atoms with Crippen molar-refractivity contribution in [1.29, 1.82) is 0 Å². The molecule has 0 atom stereocenters. The van der Waals surface area contributed by atoms with Gasteiger partial charge in [-0.05, 0) is 56.7 Å². The quantitative estimate of drug-likeness (QED) is 0.748. The van der Waals surface area contributed by atoms with Gasteiger partial charge in [-0.1, -0.05) is 24.4 Å². The van der Waals surface area contributed by atoms with Gasteiger partial charge in [-0.25, -0.2) is 0 Å². The largest absolute Gasteiger partial charge is 0.375 e. The van der Waals surface area contributed by atoms with Gasteiger partial charge in [0.1, 0.15) is 12.4 Å². The third kappa shape index (κ3) is 3.53. The first-order chi connectivity index (χ1) is 13.3. The van der Waals surface area contributed by atoms with Crippen molar-refractivity contribution in [2.24, 2.45) is 0 Å². The second-order valence-electron chi connectivity index (χ2n) is 8.09. The van der Waals surface area contributed by atoms with E-state index in [2.05, 4.69) is 20.8 Å². The summed E-state index contributed by atoms with van der Waals surface area (Å²) < 4.78 is 14.3. The molecule has 5 nitrogen and oxygen atoms in total. The normalized spacial score (nSPS) is 25.8. The van der Waals surface area contributed by atoms with Crippen LogP contribution in [0.4, 0.5) is 0 Å². The zero-order chi connectivity index (χ0) is 18.2. The van der Waals surface area contributed by atoms with Gasteiger partial charge in [-0.15, -0.1) is 10.2 Å². The maximum atomic E-state index is 6.34. The smallest absolute Gasteiger partial charge is 0.163 e. The molecule has 6 heteroatoms. The second kappa shape index (κ2) is 7.53. The van der Waals surface area contributed by atoms with Crippen molar-refractivity contribution in [3.63, 3.8) is 0 Å². The molecule has 2 aromatic rings. The van der Waals surface area contributed by atoms with Gasteiger partial charge in [0.15, 0.2) is 5.82 Å². The molecule has 0 radical (unpaired) electrons. The second-order valence-corrected chi connectivity index (χ2v) is 8.53. The number of hydrogen-bond acceptors (Lipinski definition) is 4. The first-order valence-electron chi connectivity index (χ1n) is 10.2. The molecule has 0 bridgehead atoms. The molecule has 1 aromatic carbocycles. The summed E-state index contributed by atoms with van der Waals surface area (Å²) in [5.74, 6) is 2.38. The zero-order valence-corrected chi connectivity index (χ0v) is 16.3. The molecule has 0 amide bonds. The number of ether oxygens (including phenoxy) is 2. The Morgan fingerprint density at radius 1 is 0.963 bits per heavy atom. The van der Waals surface area contributed by atoms with Crippen molar-refractivity contribution in [2.75, 3.05) is 0 Å². The predicted molar refractivity (Wildman–Crippen MR) is 103 cm³/mol. The summed E-state index contributed by atoms with van der Waals surface area (Å²) in [6.45, 7) is 1.04. The van der Waals surface area contributed by atoms with E-state index in [4.69, 9.17) is 21.1 Å². The van der Waals surface area contributed by atoms with E-state index in [1.54, 1.807) is 0 Å². The van der Waals surface area contributed by atoms with Crippen LogP contribution in [0, 0.1) is 0 Å². The van der Waals surface area contributed by atoms with E-state index in [0.717, 1.165) is 53.6 Å². The summed E-state index contributed by atoms with van der Waals surface area (Å²) in [6, 6.07) is 5.99. The van der Waals surface area contributed by atoms with E-state index in [1.165, 1.54) is 25.7 Å². The van der Waals surface area contributed by atoms with Crippen molar-refractivity contribution in [2.45, 2.75) is 82.7 Å². The maximum absolute atomic E-state index is 6.34. The first kappa shape index (κ1) is 17.7. The van der Waals surface area contributed by atoms with Gasteiger partial charge in [0, 0.05) is 16.5 Å². The van der Waals surface area contributed by atoms with E-state index >= 15 is 0 Å². The highest BCUT2D eigenvalue weighted by Gasteiger charge is 2.31. The van der Waals surface area contributed by atoms with Crippen LogP contribution in [0.2, 0.25) is 5.02 Å². The van der Waals surface area contributed by atoms with Crippen molar-refractivity contribution in [3.05, 3.63) is 40.4 Å². The molecule has 144 valence electrons. The number of fused-ring (bicyclic) bond motifs is 3. The molecule has 2 aliphatic carbocycles. The minimum absolute atomic E-state index is 0.422. The minimum atomic E-state index is 0.422. The van der Waals surface area contributed by atoms with Crippen LogP contribution >= 0.6 is 11.6 Å². The molecule has 3 aliphatic rings. The summed E-state index contributed by atoms with van der Waals surface area (Å²) in [5, 5.41) is 9.75. The lowest BCUT2D eigenvalue weighted by molar-refractivity contribution is -0.0288. The van der Waals surface area contributed by atoms with Crippen molar-refractivity contribution < 1.29 is 9.47 Å². The Morgan fingerprint density at radius 3 is 2.56 bits per heavy atom. The van der Waals surface area contributed by atoms with Gasteiger partial charge in [-0.2, -0.15) is 0 Å². The number of benzene rings is 1. The van der Waals surface area contributed by atoms with E-state index in [-0.39, 0.29) is 0 Å². The Morgan fingerprint density at radius 2 is 1.74 bits per heavy atom. The van der Waals surface area contributed by atoms with Crippen LogP contribution in [-0.4, -0.2) is 27.0 Å². The van der Waals surface area contributed by atoms with Crippen LogP contribution in [0.1, 0.15) is 74.5 Å². The highest BCUT2D eigenvalue weighted by molar-refractivity contribution is 6.30. The summed E-state index contributed by atoms with van der Waals surface area (Å²) in [6.07, 6.45) is 10.5. The molecule has 1 aromatic heterocycles. The Balaban J connectivity index is 1.36. The maximum Gasteiger partial charge on any atom is 0.163 e. The van der Waals surface area contributed by atoms with Crippen molar-refractivity contribution >= 4 is 11.6 Å². The summed E-state index contributed by atoms with van der Waals surface area (Å²) in [4.78, 5) is 0. The molecule has 1 aliphatic heterocycles. The fourth-order valence-corrected chi connectivity index (χ4v) is 5.04. The topological polar surface area (TPSA) is 49.2 Å². The number of rotatable bonds is 3. The lowest BCUT2D eigenvalue weighted by atomic mass is 9.86. The lowest BCUT2D eigenvalue weighted by Gasteiger charge is -2.30. The molecule has 2 fully saturated rings. The molecule has 27 heavy (non-hydrogen) atoms. The number of nitrogens with zero attached hydrogens (tertiary/aromatic N) is 3. The Kier molecular flexibility index (Phi) is 4.92. The van der Waals surface area contributed by atoms with Gasteiger partial charge in [0.25, 0.3) is 0 Å². The van der Waals surface area contributed by atoms with E-state index in [9.17, 15) is 0 Å². The third-order valence-corrected chi connectivity index (χ3v) is 6.49. The molecular weight excluding hydrogens is 362 g/mol. The van der Waals surface area contributed by atoms with Gasteiger partial charge in [0.2, 0.25) is 0 Å². The molecule has 2 saturated carbocycles. The molecular formula is C21H26ClN3O2. The summed E-state index contributed by atoms with van der Waals surface area (Å²) >= 11 is 6.20. The van der Waals surface area contributed by atoms with Crippen molar-refractivity contribution in [3.8, 4) is 5.69 Å². The van der Waals surface area contributed by atoms with Crippen LogP contribution in [0.5, 0.6) is 0 Å². The average molecular weight is 388 g/mol. The van der Waals surface area contributed by atoms with Gasteiger partial charge < -0.3 is 9.47 Å².